The van der Waals surface area contributed by atoms with Crippen molar-refractivity contribution >= 4 is 27.3 Å². The Hall–Kier alpha value is -0.940. The SMILES string of the molecule is CCc1csc(Oc2cc(Br)ccc2F)n1. The molecule has 0 saturated carbocycles. The quantitative estimate of drug-likeness (QED) is 0.838. The fraction of sp³-hybridized carbons (Fsp3) is 0.182. The predicted octanol–water partition coefficient (Wildman–Crippen LogP) is 4.40. The van der Waals surface area contributed by atoms with E-state index >= 15 is 0 Å². The van der Waals surface area contributed by atoms with Gasteiger partial charge in [0.05, 0.1) is 5.69 Å². The monoisotopic (exact) mass is 301 g/mol. The van der Waals surface area contributed by atoms with Crippen LogP contribution >= 0.6 is 27.3 Å². The van der Waals surface area contributed by atoms with Gasteiger partial charge >= 0.3 is 0 Å². The van der Waals surface area contributed by atoms with Crippen LogP contribution in [0.4, 0.5) is 4.39 Å². The molecule has 0 N–H and O–H groups in total. The maximum absolute atomic E-state index is 13.4. The maximum atomic E-state index is 13.4. The first kappa shape index (κ1) is 11.5. The van der Waals surface area contributed by atoms with E-state index < -0.39 is 5.82 Å². The van der Waals surface area contributed by atoms with Gasteiger partial charge in [-0.1, -0.05) is 34.2 Å². The van der Waals surface area contributed by atoms with Crippen molar-refractivity contribution < 1.29 is 9.13 Å². The normalized spacial score (nSPS) is 10.4. The molecule has 1 heterocycles. The van der Waals surface area contributed by atoms with Gasteiger partial charge in [0.15, 0.2) is 11.6 Å². The summed E-state index contributed by atoms with van der Waals surface area (Å²) in [5.74, 6) is -0.206. The van der Waals surface area contributed by atoms with Crippen molar-refractivity contribution in [3.8, 4) is 10.9 Å². The van der Waals surface area contributed by atoms with Crippen molar-refractivity contribution in [3.63, 3.8) is 0 Å². The minimum Gasteiger partial charge on any atom is -0.428 e. The molecule has 16 heavy (non-hydrogen) atoms. The zero-order valence-electron chi connectivity index (χ0n) is 8.54. The molecule has 0 aliphatic heterocycles. The average Bonchev–Trinajstić information content (AvgIpc) is 2.71. The van der Waals surface area contributed by atoms with Gasteiger partial charge in [0, 0.05) is 9.85 Å². The van der Waals surface area contributed by atoms with Gasteiger partial charge in [0.25, 0.3) is 5.19 Å². The molecule has 0 radical (unpaired) electrons. The molecule has 5 heteroatoms. The van der Waals surface area contributed by atoms with E-state index in [0.717, 1.165) is 16.6 Å². The van der Waals surface area contributed by atoms with E-state index in [-0.39, 0.29) is 5.75 Å². The third-order valence-electron chi connectivity index (χ3n) is 1.98. The molecule has 0 atom stereocenters. The van der Waals surface area contributed by atoms with E-state index in [1.54, 1.807) is 12.1 Å². The van der Waals surface area contributed by atoms with Crippen LogP contribution in [0.15, 0.2) is 28.1 Å². The minimum absolute atomic E-state index is 0.186. The van der Waals surface area contributed by atoms with Crippen LogP contribution in [0.2, 0.25) is 0 Å². The highest BCUT2D eigenvalue weighted by Gasteiger charge is 2.08. The average molecular weight is 302 g/mol. The lowest BCUT2D eigenvalue weighted by atomic mass is 10.3. The summed E-state index contributed by atoms with van der Waals surface area (Å²) in [7, 11) is 0. The van der Waals surface area contributed by atoms with Gasteiger partial charge in [0.2, 0.25) is 0 Å². The summed E-state index contributed by atoms with van der Waals surface area (Å²) in [4.78, 5) is 4.21. The molecule has 2 rings (SSSR count). The van der Waals surface area contributed by atoms with Crippen molar-refractivity contribution in [2.24, 2.45) is 0 Å². The largest absolute Gasteiger partial charge is 0.428 e. The number of benzene rings is 1. The second-order valence-electron chi connectivity index (χ2n) is 3.14. The third-order valence-corrected chi connectivity index (χ3v) is 3.24. The van der Waals surface area contributed by atoms with Crippen LogP contribution in [0.5, 0.6) is 10.9 Å². The van der Waals surface area contributed by atoms with Crippen molar-refractivity contribution in [1.82, 2.24) is 4.98 Å². The van der Waals surface area contributed by atoms with Crippen LogP contribution in [0.25, 0.3) is 0 Å². The van der Waals surface area contributed by atoms with Crippen LogP contribution in [0, 0.1) is 5.82 Å². The molecule has 0 saturated heterocycles. The molecule has 0 aliphatic rings. The summed E-state index contributed by atoms with van der Waals surface area (Å²) < 4.78 is 19.5. The lowest BCUT2D eigenvalue weighted by Gasteiger charge is -2.03. The number of hydrogen-bond donors (Lipinski definition) is 0. The standard InChI is InChI=1S/C11H9BrFNOS/c1-2-8-6-16-11(14-8)15-10-5-7(12)3-4-9(10)13/h3-6H,2H2,1H3. The highest BCUT2D eigenvalue weighted by atomic mass is 79.9. The second kappa shape index (κ2) is 4.93. The Morgan fingerprint density at radius 3 is 3.00 bits per heavy atom. The zero-order chi connectivity index (χ0) is 11.5. The lowest BCUT2D eigenvalue weighted by molar-refractivity contribution is 0.438. The van der Waals surface area contributed by atoms with Crippen LogP contribution in [-0.2, 0) is 6.42 Å². The number of ether oxygens (including phenoxy) is 1. The Labute approximate surface area is 105 Å². The van der Waals surface area contributed by atoms with Crippen molar-refractivity contribution in [3.05, 3.63) is 39.6 Å². The van der Waals surface area contributed by atoms with Crippen molar-refractivity contribution in [2.75, 3.05) is 0 Å². The molecule has 1 aromatic heterocycles. The van der Waals surface area contributed by atoms with Gasteiger partial charge in [-0.05, 0) is 24.6 Å². The second-order valence-corrected chi connectivity index (χ2v) is 4.87. The van der Waals surface area contributed by atoms with Crippen LogP contribution in [0.1, 0.15) is 12.6 Å². The molecule has 2 nitrogen and oxygen atoms in total. The number of halogens is 2. The van der Waals surface area contributed by atoms with Gasteiger partial charge < -0.3 is 4.74 Å². The van der Waals surface area contributed by atoms with Gasteiger partial charge in [-0.2, -0.15) is 0 Å². The molecule has 0 unspecified atom stereocenters. The minimum atomic E-state index is -0.392. The van der Waals surface area contributed by atoms with Crippen molar-refractivity contribution in [2.45, 2.75) is 13.3 Å². The Balaban J connectivity index is 2.22. The molecule has 2 aromatic rings. The molecule has 0 amide bonds. The Kier molecular flexibility index (Phi) is 3.56. The van der Waals surface area contributed by atoms with E-state index in [9.17, 15) is 4.39 Å². The molecule has 0 aliphatic carbocycles. The predicted molar refractivity (Wildman–Crippen MR) is 65.7 cm³/mol. The Morgan fingerprint density at radius 1 is 1.50 bits per heavy atom. The van der Waals surface area contributed by atoms with E-state index in [2.05, 4.69) is 20.9 Å². The number of rotatable bonds is 3. The summed E-state index contributed by atoms with van der Waals surface area (Å²) in [5.41, 5.74) is 0.954. The topological polar surface area (TPSA) is 22.1 Å². The van der Waals surface area contributed by atoms with E-state index in [4.69, 9.17) is 4.74 Å². The number of aryl methyl sites for hydroxylation is 1. The summed E-state index contributed by atoms with van der Waals surface area (Å²) >= 11 is 4.63. The molecular formula is C11H9BrFNOS. The number of hydrogen-bond acceptors (Lipinski definition) is 3. The first-order chi connectivity index (χ1) is 7.69. The maximum Gasteiger partial charge on any atom is 0.279 e. The molecular weight excluding hydrogens is 293 g/mol. The summed E-state index contributed by atoms with van der Waals surface area (Å²) in [6.45, 7) is 2.01. The van der Waals surface area contributed by atoms with E-state index in [0.29, 0.717) is 5.19 Å². The van der Waals surface area contributed by atoms with E-state index in [1.165, 1.54) is 17.4 Å². The first-order valence-electron chi connectivity index (χ1n) is 4.76. The molecule has 0 fully saturated rings. The fourth-order valence-corrected chi connectivity index (χ4v) is 2.25. The molecule has 1 aromatic carbocycles. The number of nitrogens with zero attached hydrogens (tertiary/aromatic N) is 1. The van der Waals surface area contributed by atoms with Gasteiger partial charge in [-0.25, -0.2) is 9.37 Å². The third kappa shape index (κ3) is 2.59. The Bertz CT molecular complexity index is 500. The van der Waals surface area contributed by atoms with Gasteiger partial charge in [0.1, 0.15) is 0 Å². The lowest BCUT2D eigenvalue weighted by Crippen LogP contribution is -1.88. The van der Waals surface area contributed by atoms with Gasteiger partial charge in [-0.15, -0.1) is 0 Å². The Morgan fingerprint density at radius 2 is 2.31 bits per heavy atom. The van der Waals surface area contributed by atoms with Gasteiger partial charge in [-0.3, -0.25) is 0 Å². The fourth-order valence-electron chi connectivity index (χ4n) is 1.15. The molecule has 0 bridgehead atoms. The summed E-state index contributed by atoms with van der Waals surface area (Å²) in [6.07, 6.45) is 0.848. The molecule has 84 valence electrons. The number of aromatic nitrogens is 1. The highest BCUT2D eigenvalue weighted by molar-refractivity contribution is 9.10. The van der Waals surface area contributed by atoms with Crippen LogP contribution in [-0.4, -0.2) is 4.98 Å². The van der Waals surface area contributed by atoms with E-state index in [1.807, 2.05) is 12.3 Å². The zero-order valence-corrected chi connectivity index (χ0v) is 10.9. The number of thiazole rings is 1. The summed E-state index contributed by atoms with van der Waals surface area (Å²) in [6, 6.07) is 4.57. The first-order valence-corrected chi connectivity index (χ1v) is 6.43. The van der Waals surface area contributed by atoms with Crippen LogP contribution in [0.3, 0.4) is 0 Å². The smallest absolute Gasteiger partial charge is 0.279 e. The molecule has 0 spiro atoms. The van der Waals surface area contributed by atoms with Crippen LogP contribution < -0.4 is 4.74 Å². The summed E-state index contributed by atoms with van der Waals surface area (Å²) in [5, 5.41) is 2.37. The van der Waals surface area contributed by atoms with Crippen molar-refractivity contribution in [1.29, 1.82) is 0 Å². The highest BCUT2D eigenvalue weighted by Crippen LogP contribution is 2.29.